The first kappa shape index (κ1) is 8.43. The van der Waals surface area contributed by atoms with E-state index in [1.807, 2.05) is 6.92 Å². The zero-order valence-electron chi connectivity index (χ0n) is 6.06. The lowest BCUT2D eigenvalue weighted by Gasteiger charge is -2.18. The van der Waals surface area contributed by atoms with Crippen LogP contribution in [0.25, 0.3) is 0 Å². The minimum Gasteiger partial charge on any atom is -0.289 e. The van der Waals surface area contributed by atoms with Crippen LogP contribution < -0.4 is 5.48 Å². The number of amides is 1. The molecule has 0 saturated heterocycles. The van der Waals surface area contributed by atoms with Crippen molar-refractivity contribution in [2.24, 2.45) is 5.41 Å². The Morgan fingerprint density at radius 2 is 2.11 bits per heavy atom. The molecule has 0 aliphatic carbocycles. The molecule has 9 heavy (non-hydrogen) atoms. The quantitative estimate of drug-likeness (QED) is 0.432. The molecule has 0 bridgehead atoms. The van der Waals surface area contributed by atoms with E-state index in [1.165, 1.54) is 0 Å². The Hall–Kier alpha value is -0.570. The molecule has 0 fully saturated rings. The molecule has 2 N–H and O–H groups in total. The summed E-state index contributed by atoms with van der Waals surface area (Å²) >= 11 is 0. The Bertz CT molecular complexity index is 110. The van der Waals surface area contributed by atoms with Crippen molar-refractivity contribution in [2.75, 3.05) is 0 Å². The number of hydroxylamine groups is 1. The van der Waals surface area contributed by atoms with Crippen LogP contribution in [-0.4, -0.2) is 11.1 Å². The first-order valence-electron chi connectivity index (χ1n) is 2.99. The maximum atomic E-state index is 10.7. The van der Waals surface area contributed by atoms with E-state index >= 15 is 0 Å². The van der Waals surface area contributed by atoms with E-state index < -0.39 is 5.41 Å². The van der Waals surface area contributed by atoms with Crippen molar-refractivity contribution in [3.05, 3.63) is 0 Å². The van der Waals surface area contributed by atoms with E-state index in [-0.39, 0.29) is 5.91 Å². The fourth-order valence-corrected chi connectivity index (χ4v) is 0.312. The molecular weight excluding hydrogens is 118 g/mol. The Balaban J connectivity index is 3.97. The number of hydrogen-bond acceptors (Lipinski definition) is 2. The molecule has 3 heteroatoms. The molecule has 0 aliphatic rings. The summed E-state index contributed by atoms with van der Waals surface area (Å²) < 4.78 is 0. The average molecular weight is 131 g/mol. The first-order chi connectivity index (χ1) is 4.04. The van der Waals surface area contributed by atoms with Crippen LogP contribution in [-0.2, 0) is 4.79 Å². The third-order valence-electron chi connectivity index (χ3n) is 1.60. The summed E-state index contributed by atoms with van der Waals surface area (Å²) in [6.07, 6.45) is 0.722. The Morgan fingerprint density at radius 3 is 2.22 bits per heavy atom. The average Bonchev–Trinajstić information content (AvgIpc) is 1.86. The van der Waals surface area contributed by atoms with Gasteiger partial charge in [-0.2, -0.15) is 0 Å². The lowest BCUT2D eigenvalue weighted by Crippen LogP contribution is -2.34. The standard InChI is InChI=1S/C6H13NO2/c1-4-6(2,3)5(8)7-9/h9H,4H2,1-3H3,(H,7,8). The smallest absolute Gasteiger partial charge is 0.248 e. The Labute approximate surface area is 55.0 Å². The van der Waals surface area contributed by atoms with E-state index in [1.54, 1.807) is 19.3 Å². The number of carbonyl (C=O) groups excluding carboxylic acids is 1. The van der Waals surface area contributed by atoms with E-state index in [9.17, 15) is 4.79 Å². The minimum absolute atomic E-state index is 0.329. The molecule has 0 aromatic heterocycles. The maximum absolute atomic E-state index is 10.7. The molecule has 1 amide bonds. The van der Waals surface area contributed by atoms with Gasteiger partial charge in [-0.3, -0.25) is 10.0 Å². The van der Waals surface area contributed by atoms with Gasteiger partial charge >= 0.3 is 0 Å². The molecule has 0 heterocycles. The van der Waals surface area contributed by atoms with Crippen molar-refractivity contribution in [3.63, 3.8) is 0 Å². The fourth-order valence-electron chi connectivity index (χ4n) is 0.312. The van der Waals surface area contributed by atoms with E-state index in [0.717, 1.165) is 6.42 Å². The van der Waals surface area contributed by atoms with Crippen molar-refractivity contribution in [2.45, 2.75) is 27.2 Å². The molecule has 0 aromatic rings. The van der Waals surface area contributed by atoms with Crippen LogP contribution in [0.5, 0.6) is 0 Å². The summed E-state index contributed by atoms with van der Waals surface area (Å²) in [5, 5.41) is 8.20. The second-order valence-corrected chi connectivity index (χ2v) is 2.68. The first-order valence-corrected chi connectivity index (χ1v) is 2.99. The van der Waals surface area contributed by atoms with Crippen molar-refractivity contribution in [1.29, 1.82) is 0 Å². The summed E-state index contributed by atoms with van der Waals surface area (Å²) in [6.45, 7) is 5.45. The van der Waals surface area contributed by atoms with Crippen molar-refractivity contribution < 1.29 is 10.0 Å². The number of nitrogens with one attached hydrogen (secondary N) is 1. The molecule has 0 saturated carbocycles. The lowest BCUT2D eigenvalue weighted by molar-refractivity contribution is -0.138. The number of rotatable bonds is 2. The van der Waals surface area contributed by atoms with Crippen LogP contribution >= 0.6 is 0 Å². The summed E-state index contributed by atoms with van der Waals surface area (Å²) in [7, 11) is 0. The SMILES string of the molecule is CCC(C)(C)C(=O)NO. The van der Waals surface area contributed by atoms with Gasteiger partial charge in [-0.05, 0) is 6.42 Å². The second kappa shape index (κ2) is 2.82. The predicted molar refractivity (Wildman–Crippen MR) is 34.0 cm³/mol. The molecule has 0 aromatic carbocycles. The van der Waals surface area contributed by atoms with Crippen LogP contribution in [0, 0.1) is 5.41 Å². The van der Waals surface area contributed by atoms with Gasteiger partial charge in [-0.15, -0.1) is 0 Å². The minimum atomic E-state index is -0.450. The van der Waals surface area contributed by atoms with Gasteiger partial charge in [0.2, 0.25) is 5.91 Å². The molecule has 0 aliphatic heterocycles. The molecule has 0 spiro atoms. The van der Waals surface area contributed by atoms with E-state index in [0.29, 0.717) is 0 Å². The fraction of sp³-hybridized carbons (Fsp3) is 0.833. The van der Waals surface area contributed by atoms with Gasteiger partial charge in [0, 0.05) is 5.41 Å². The van der Waals surface area contributed by atoms with Crippen molar-refractivity contribution in [3.8, 4) is 0 Å². The number of carbonyl (C=O) groups is 1. The highest BCUT2D eigenvalue weighted by atomic mass is 16.5. The summed E-state index contributed by atoms with van der Waals surface area (Å²) in [6, 6.07) is 0. The zero-order valence-corrected chi connectivity index (χ0v) is 6.06. The Morgan fingerprint density at radius 1 is 1.67 bits per heavy atom. The highest BCUT2D eigenvalue weighted by Gasteiger charge is 2.24. The zero-order chi connectivity index (χ0) is 7.49. The van der Waals surface area contributed by atoms with Gasteiger partial charge in [-0.1, -0.05) is 20.8 Å². The monoisotopic (exact) mass is 131 g/mol. The topological polar surface area (TPSA) is 49.3 Å². The summed E-state index contributed by atoms with van der Waals surface area (Å²) in [4.78, 5) is 10.7. The predicted octanol–water partition coefficient (Wildman–Crippen LogP) is 0.928. The van der Waals surface area contributed by atoms with Gasteiger partial charge in [0.1, 0.15) is 0 Å². The molecule has 0 unspecified atom stereocenters. The van der Waals surface area contributed by atoms with Gasteiger partial charge in [0.05, 0.1) is 0 Å². The largest absolute Gasteiger partial charge is 0.289 e. The van der Waals surface area contributed by atoms with Gasteiger partial charge in [0.25, 0.3) is 0 Å². The van der Waals surface area contributed by atoms with Crippen LogP contribution in [0.15, 0.2) is 0 Å². The van der Waals surface area contributed by atoms with Crippen LogP contribution in [0.2, 0.25) is 0 Å². The molecule has 3 nitrogen and oxygen atoms in total. The maximum Gasteiger partial charge on any atom is 0.248 e. The van der Waals surface area contributed by atoms with Crippen LogP contribution in [0.1, 0.15) is 27.2 Å². The number of hydrogen-bond donors (Lipinski definition) is 2. The highest BCUT2D eigenvalue weighted by Crippen LogP contribution is 2.18. The lowest BCUT2D eigenvalue weighted by atomic mass is 9.90. The van der Waals surface area contributed by atoms with Crippen molar-refractivity contribution >= 4 is 5.91 Å². The van der Waals surface area contributed by atoms with Crippen LogP contribution in [0.3, 0.4) is 0 Å². The molecular formula is C6H13NO2. The van der Waals surface area contributed by atoms with E-state index in [4.69, 9.17) is 5.21 Å². The van der Waals surface area contributed by atoms with Crippen molar-refractivity contribution in [1.82, 2.24) is 5.48 Å². The molecule has 0 rings (SSSR count). The normalized spacial score (nSPS) is 11.1. The highest BCUT2D eigenvalue weighted by molar-refractivity contribution is 5.80. The Kier molecular flexibility index (Phi) is 2.65. The third-order valence-corrected chi connectivity index (χ3v) is 1.60. The summed E-state index contributed by atoms with van der Waals surface area (Å²) in [5.41, 5.74) is 1.17. The second-order valence-electron chi connectivity index (χ2n) is 2.68. The third kappa shape index (κ3) is 2.01. The molecule has 0 radical (unpaired) electrons. The van der Waals surface area contributed by atoms with Gasteiger partial charge in [-0.25, -0.2) is 5.48 Å². The van der Waals surface area contributed by atoms with E-state index in [2.05, 4.69) is 0 Å². The van der Waals surface area contributed by atoms with Gasteiger partial charge < -0.3 is 0 Å². The van der Waals surface area contributed by atoms with Crippen LogP contribution in [0.4, 0.5) is 0 Å². The summed E-state index contributed by atoms with van der Waals surface area (Å²) in [5.74, 6) is -0.329. The molecule has 0 atom stereocenters. The van der Waals surface area contributed by atoms with Gasteiger partial charge in [0.15, 0.2) is 0 Å². The molecule has 54 valence electrons.